The number of benzene rings is 1. The van der Waals surface area contributed by atoms with Gasteiger partial charge in [0.15, 0.2) is 0 Å². The fourth-order valence-corrected chi connectivity index (χ4v) is 3.31. The molecule has 2 heterocycles. The second-order valence-corrected chi connectivity index (χ2v) is 6.28. The lowest BCUT2D eigenvalue weighted by Crippen LogP contribution is -2.35. The summed E-state index contributed by atoms with van der Waals surface area (Å²) in [4.78, 5) is 7.22. The Morgan fingerprint density at radius 2 is 2.05 bits per heavy atom. The topological polar surface area (TPSA) is 25.4 Å². The van der Waals surface area contributed by atoms with Crippen LogP contribution >= 0.6 is 11.3 Å². The molecule has 0 amide bonds. The Hall–Kier alpha value is -1.23. The molecule has 0 atom stereocenters. The van der Waals surface area contributed by atoms with E-state index in [4.69, 9.17) is 9.72 Å². The summed E-state index contributed by atoms with van der Waals surface area (Å²) in [5.74, 6) is 0. The SMILES string of the molecule is Cc1ccc(C)c(-c2csc(CN3CCOCC3)n2)c1. The van der Waals surface area contributed by atoms with Crippen molar-refractivity contribution >= 4 is 11.3 Å². The van der Waals surface area contributed by atoms with Crippen LogP contribution in [0.4, 0.5) is 0 Å². The smallest absolute Gasteiger partial charge is 0.107 e. The van der Waals surface area contributed by atoms with E-state index in [0.717, 1.165) is 38.5 Å². The molecule has 3 nitrogen and oxygen atoms in total. The summed E-state index contributed by atoms with van der Waals surface area (Å²) in [6.07, 6.45) is 0. The van der Waals surface area contributed by atoms with E-state index in [1.54, 1.807) is 11.3 Å². The zero-order valence-electron chi connectivity index (χ0n) is 12.1. The highest BCUT2D eigenvalue weighted by Crippen LogP contribution is 2.26. The van der Waals surface area contributed by atoms with Crippen LogP contribution in [-0.4, -0.2) is 36.2 Å². The molecular weight excluding hydrogens is 268 g/mol. The van der Waals surface area contributed by atoms with Crippen molar-refractivity contribution in [2.75, 3.05) is 26.3 Å². The quantitative estimate of drug-likeness (QED) is 0.867. The highest BCUT2D eigenvalue weighted by Gasteiger charge is 2.13. The first-order valence-corrected chi connectivity index (χ1v) is 7.92. The van der Waals surface area contributed by atoms with Gasteiger partial charge in [0.25, 0.3) is 0 Å². The van der Waals surface area contributed by atoms with E-state index in [1.165, 1.54) is 21.7 Å². The van der Waals surface area contributed by atoms with Crippen LogP contribution in [0.15, 0.2) is 23.6 Å². The maximum absolute atomic E-state index is 5.38. The molecule has 20 heavy (non-hydrogen) atoms. The van der Waals surface area contributed by atoms with E-state index in [0.29, 0.717) is 0 Å². The minimum atomic E-state index is 0.842. The van der Waals surface area contributed by atoms with Crippen LogP contribution in [0.5, 0.6) is 0 Å². The number of hydrogen-bond donors (Lipinski definition) is 0. The Balaban J connectivity index is 1.77. The molecule has 0 aliphatic carbocycles. The maximum atomic E-state index is 5.38. The maximum Gasteiger partial charge on any atom is 0.107 e. The molecule has 1 aliphatic heterocycles. The molecule has 1 aromatic carbocycles. The van der Waals surface area contributed by atoms with Gasteiger partial charge in [0.1, 0.15) is 5.01 Å². The molecule has 0 saturated carbocycles. The molecule has 1 aliphatic rings. The van der Waals surface area contributed by atoms with Crippen LogP contribution in [0.3, 0.4) is 0 Å². The summed E-state index contributed by atoms with van der Waals surface area (Å²) in [6, 6.07) is 6.55. The first kappa shape index (κ1) is 13.7. The fourth-order valence-electron chi connectivity index (χ4n) is 2.47. The Bertz CT molecular complexity index is 588. The van der Waals surface area contributed by atoms with Crippen molar-refractivity contribution in [3.63, 3.8) is 0 Å². The van der Waals surface area contributed by atoms with E-state index in [-0.39, 0.29) is 0 Å². The number of hydrogen-bond acceptors (Lipinski definition) is 4. The van der Waals surface area contributed by atoms with Crippen molar-refractivity contribution in [1.29, 1.82) is 0 Å². The summed E-state index contributed by atoms with van der Waals surface area (Å²) < 4.78 is 5.38. The standard InChI is InChI=1S/C16H20N2OS/c1-12-3-4-13(2)14(9-12)15-11-20-16(17-15)10-18-5-7-19-8-6-18/h3-4,9,11H,5-8,10H2,1-2H3. The van der Waals surface area contributed by atoms with Crippen LogP contribution in [0.25, 0.3) is 11.3 Å². The Morgan fingerprint density at radius 1 is 1.25 bits per heavy atom. The third kappa shape index (κ3) is 3.08. The van der Waals surface area contributed by atoms with Gasteiger partial charge >= 0.3 is 0 Å². The monoisotopic (exact) mass is 288 g/mol. The molecule has 2 aromatic rings. The van der Waals surface area contributed by atoms with Crippen molar-refractivity contribution in [2.45, 2.75) is 20.4 Å². The first-order chi connectivity index (χ1) is 9.72. The lowest BCUT2D eigenvalue weighted by molar-refractivity contribution is 0.0342. The van der Waals surface area contributed by atoms with Crippen LogP contribution in [0.1, 0.15) is 16.1 Å². The van der Waals surface area contributed by atoms with Gasteiger partial charge in [0.05, 0.1) is 25.5 Å². The van der Waals surface area contributed by atoms with Crippen molar-refractivity contribution in [2.24, 2.45) is 0 Å². The Kier molecular flexibility index (Phi) is 4.15. The number of aromatic nitrogens is 1. The van der Waals surface area contributed by atoms with Gasteiger partial charge in [-0.1, -0.05) is 17.7 Å². The van der Waals surface area contributed by atoms with Gasteiger partial charge < -0.3 is 4.74 Å². The number of rotatable bonds is 3. The molecule has 1 saturated heterocycles. The van der Waals surface area contributed by atoms with Crippen molar-refractivity contribution < 1.29 is 4.74 Å². The van der Waals surface area contributed by atoms with Gasteiger partial charge in [0.2, 0.25) is 0 Å². The summed E-state index contributed by atoms with van der Waals surface area (Å²) >= 11 is 1.76. The minimum Gasteiger partial charge on any atom is -0.379 e. The molecule has 106 valence electrons. The highest BCUT2D eigenvalue weighted by molar-refractivity contribution is 7.09. The molecule has 0 unspecified atom stereocenters. The molecular formula is C16H20N2OS. The molecule has 4 heteroatoms. The molecule has 0 spiro atoms. The van der Waals surface area contributed by atoms with Crippen molar-refractivity contribution in [3.05, 3.63) is 39.7 Å². The van der Waals surface area contributed by atoms with E-state index < -0.39 is 0 Å². The van der Waals surface area contributed by atoms with Gasteiger partial charge in [-0.15, -0.1) is 11.3 Å². The van der Waals surface area contributed by atoms with E-state index in [2.05, 4.69) is 42.3 Å². The van der Waals surface area contributed by atoms with Gasteiger partial charge in [-0.2, -0.15) is 0 Å². The largest absolute Gasteiger partial charge is 0.379 e. The van der Waals surface area contributed by atoms with Gasteiger partial charge in [-0.25, -0.2) is 4.98 Å². The lowest BCUT2D eigenvalue weighted by atomic mass is 10.0. The number of morpholine rings is 1. The summed E-state index contributed by atoms with van der Waals surface area (Å²) in [5.41, 5.74) is 4.95. The van der Waals surface area contributed by atoms with E-state index >= 15 is 0 Å². The number of aryl methyl sites for hydroxylation is 2. The van der Waals surface area contributed by atoms with Crippen molar-refractivity contribution in [1.82, 2.24) is 9.88 Å². The summed E-state index contributed by atoms with van der Waals surface area (Å²) in [7, 11) is 0. The Labute approximate surface area is 124 Å². The average molecular weight is 288 g/mol. The Morgan fingerprint density at radius 3 is 2.85 bits per heavy atom. The summed E-state index contributed by atoms with van der Waals surface area (Å²) in [5, 5.41) is 3.38. The second-order valence-electron chi connectivity index (χ2n) is 5.33. The second kappa shape index (κ2) is 6.04. The minimum absolute atomic E-state index is 0.842. The predicted octanol–water partition coefficient (Wildman–Crippen LogP) is 3.26. The first-order valence-electron chi connectivity index (χ1n) is 7.04. The van der Waals surface area contributed by atoms with Crippen LogP contribution in [-0.2, 0) is 11.3 Å². The van der Waals surface area contributed by atoms with Crippen LogP contribution in [0, 0.1) is 13.8 Å². The van der Waals surface area contributed by atoms with Crippen LogP contribution in [0.2, 0.25) is 0 Å². The fraction of sp³-hybridized carbons (Fsp3) is 0.438. The number of thiazole rings is 1. The van der Waals surface area contributed by atoms with Gasteiger partial charge in [-0.05, 0) is 25.5 Å². The molecule has 1 aromatic heterocycles. The predicted molar refractivity (Wildman–Crippen MR) is 83.1 cm³/mol. The van der Waals surface area contributed by atoms with Crippen molar-refractivity contribution in [3.8, 4) is 11.3 Å². The van der Waals surface area contributed by atoms with Crippen LogP contribution < -0.4 is 0 Å². The van der Waals surface area contributed by atoms with E-state index in [1.807, 2.05) is 0 Å². The molecule has 3 rings (SSSR count). The third-order valence-electron chi connectivity index (χ3n) is 3.68. The number of ether oxygens (including phenoxy) is 1. The molecule has 1 fully saturated rings. The third-order valence-corrected chi connectivity index (χ3v) is 4.52. The molecule has 0 radical (unpaired) electrons. The lowest BCUT2D eigenvalue weighted by Gasteiger charge is -2.25. The zero-order chi connectivity index (χ0) is 13.9. The summed E-state index contributed by atoms with van der Waals surface area (Å²) in [6.45, 7) is 8.93. The average Bonchev–Trinajstić information content (AvgIpc) is 2.91. The molecule has 0 bridgehead atoms. The van der Waals surface area contributed by atoms with Gasteiger partial charge in [-0.3, -0.25) is 4.90 Å². The van der Waals surface area contributed by atoms with E-state index in [9.17, 15) is 0 Å². The highest BCUT2D eigenvalue weighted by atomic mass is 32.1. The normalized spacial score (nSPS) is 16.5. The van der Waals surface area contributed by atoms with Gasteiger partial charge in [0, 0.05) is 24.0 Å². The molecule has 0 N–H and O–H groups in total. The number of nitrogens with zero attached hydrogens (tertiary/aromatic N) is 2. The zero-order valence-corrected chi connectivity index (χ0v) is 12.9.